The molecule has 2 aliphatic heterocycles. The van der Waals surface area contributed by atoms with Gasteiger partial charge in [-0.3, -0.25) is 24.2 Å². The van der Waals surface area contributed by atoms with E-state index in [1.54, 1.807) is 15.9 Å². The third kappa shape index (κ3) is 8.54. The van der Waals surface area contributed by atoms with Gasteiger partial charge in [0.25, 0.3) is 5.91 Å². The lowest BCUT2D eigenvalue weighted by molar-refractivity contribution is -0.138. The fourth-order valence-corrected chi connectivity index (χ4v) is 5.40. The number of piperazine rings is 1. The molecule has 0 spiro atoms. The molecule has 0 bridgehead atoms. The number of carbonyl (C=O) groups excluding carboxylic acids is 3. The Morgan fingerprint density at radius 3 is 2.40 bits per heavy atom. The zero-order valence-electron chi connectivity index (χ0n) is 23.2. The van der Waals surface area contributed by atoms with Crippen molar-refractivity contribution < 1.29 is 36.3 Å². The molecule has 4 N–H and O–H groups in total. The molecule has 9 nitrogen and oxygen atoms in total. The third-order valence-electron chi connectivity index (χ3n) is 7.55. The number of amides is 3. The number of rotatable bonds is 10. The van der Waals surface area contributed by atoms with Crippen molar-refractivity contribution in [3.8, 4) is 0 Å². The minimum Gasteiger partial charge on any atom is -0.368 e. The maximum atomic E-state index is 15.0. The summed E-state index contributed by atoms with van der Waals surface area (Å²) >= 11 is 6.16. The van der Waals surface area contributed by atoms with E-state index in [-0.39, 0.29) is 30.9 Å². The number of carbonyl (C=O) groups is 3. The molecule has 2 aromatic carbocycles. The number of nitrogens with one attached hydrogen (secondary N) is 2. The molecule has 4 rings (SSSR count). The molecule has 3 amide bonds. The molecule has 15 heteroatoms. The van der Waals surface area contributed by atoms with Crippen LogP contribution in [0.15, 0.2) is 30.3 Å². The van der Waals surface area contributed by atoms with E-state index in [1.807, 2.05) is 4.90 Å². The van der Waals surface area contributed by atoms with E-state index in [4.69, 9.17) is 17.3 Å². The zero-order chi connectivity index (χ0) is 31.3. The number of alkyl halides is 3. The molecule has 2 heterocycles. The molecule has 0 radical (unpaired) electrons. The first kappa shape index (κ1) is 32.4. The summed E-state index contributed by atoms with van der Waals surface area (Å²) in [5, 5.41) is 5.42. The summed E-state index contributed by atoms with van der Waals surface area (Å²) in [5.74, 6) is -4.64. The quantitative estimate of drug-likeness (QED) is 0.347. The highest BCUT2D eigenvalue weighted by Crippen LogP contribution is 2.31. The van der Waals surface area contributed by atoms with E-state index in [2.05, 4.69) is 10.6 Å². The summed E-state index contributed by atoms with van der Waals surface area (Å²) in [7, 11) is 0. The highest BCUT2D eigenvalue weighted by Gasteiger charge is 2.31. The van der Waals surface area contributed by atoms with Crippen molar-refractivity contribution in [1.82, 2.24) is 15.1 Å². The number of benzene rings is 2. The standard InChI is InChI=1S/C28H32ClF5N6O3/c29-18-4-6-20(22(14-18)39-12-10-38(11-13-39)9-7-28(32,33)34)37-27(43)19-5-3-17(24(30)25(19)31)15-36-23(41)16-40-8-1-2-21(40)26(35)42/h3-6,14,21H,1-2,7-13,15-16H2,(H2,35,42)(H,36,41)(H,37,43)/t21-/m1/s1. The molecule has 2 aliphatic rings. The number of nitrogens with zero attached hydrogens (tertiary/aromatic N) is 3. The van der Waals surface area contributed by atoms with Crippen LogP contribution in [0.3, 0.4) is 0 Å². The van der Waals surface area contributed by atoms with Gasteiger partial charge in [0, 0.05) is 49.9 Å². The lowest BCUT2D eigenvalue weighted by atomic mass is 10.1. The van der Waals surface area contributed by atoms with Crippen LogP contribution in [0.25, 0.3) is 0 Å². The predicted octanol–water partition coefficient (Wildman–Crippen LogP) is 3.51. The molecule has 0 aromatic heterocycles. The van der Waals surface area contributed by atoms with E-state index in [0.29, 0.717) is 56.3 Å². The maximum absolute atomic E-state index is 15.0. The summed E-state index contributed by atoms with van der Waals surface area (Å²) in [6.07, 6.45) is -3.89. The number of halogens is 6. The summed E-state index contributed by atoms with van der Waals surface area (Å²) < 4.78 is 67.7. The van der Waals surface area contributed by atoms with E-state index in [0.717, 1.165) is 6.07 Å². The van der Waals surface area contributed by atoms with E-state index in [9.17, 15) is 31.9 Å². The molecule has 0 aliphatic carbocycles. The average molecular weight is 631 g/mol. The van der Waals surface area contributed by atoms with Gasteiger partial charge in [-0.1, -0.05) is 17.7 Å². The fourth-order valence-electron chi connectivity index (χ4n) is 5.23. The second-order valence-electron chi connectivity index (χ2n) is 10.5. The van der Waals surface area contributed by atoms with Gasteiger partial charge >= 0.3 is 6.18 Å². The highest BCUT2D eigenvalue weighted by atomic mass is 35.5. The van der Waals surface area contributed by atoms with Crippen LogP contribution in [0.1, 0.15) is 35.2 Å². The summed E-state index contributed by atoms with van der Waals surface area (Å²) in [6.45, 7) is 1.39. The smallest absolute Gasteiger partial charge is 0.368 e. The molecule has 0 saturated carbocycles. The Bertz CT molecular complexity index is 1350. The van der Waals surface area contributed by atoms with Crippen LogP contribution >= 0.6 is 11.6 Å². The van der Waals surface area contributed by atoms with Gasteiger partial charge < -0.3 is 21.3 Å². The Labute approximate surface area is 250 Å². The first-order valence-electron chi connectivity index (χ1n) is 13.7. The van der Waals surface area contributed by atoms with Crippen LogP contribution in [0.5, 0.6) is 0 Å². The van der Waals surface area contributed by atoms with Crippen LogP contribution in [0, 0.1) is 11.6 Å². The zero-order valence-corrected chi connectivity index (χ0v) is 23.9. The van der Waals surface area contributed by atoms with Crippen LogP contribution in [-0.2, 0) is 16.1 Å². The predicted molar refractivity (Wildman–Crippen MR) is 151 cm³/mol. The fraction of sp³-hybridized carbons (Fsp3) is 0.464. The lowest BCUT2D eigenvalue weighted by Crippen LogP contribution is -2.47. The van der Waals surface area contributed by atoms with Gasteiger partial charge in [-0.05, 0) is 43.7 Å². The number of hydrogen-bond donors (Lipinski definition) is 3. The van der Waals surface area contributed by atoms with Crippen molar-refractivity contribution in [3.63, 3.8) is 0 Å². The van der Waals surface area contributed by atoms with Gasteiger partial charge in [-0.25, -0.2) is 8.78 Å². The first-order chi connectivity index (χ1) is 20.3. The Balaban J connectivity index is 1.38. The van der Waals surface area contributed by atoms with Gasteiger partial charge in [0.1, 0.15) is 0 Å². The Hall–Kier alpha value is -3.49. The van der Waals surface area contributed by atoms with Gasteiger partial charge in [-0.2, -0.15) is 13.2 Å². The monoisotopic (exact) mass is 630 g/mol. The lowest BCUT2D eigenvalue weighted by Gasteiger charge is -2.37. The highest BCUT2D eigenvalue weighted by molar-refractivity contribution is 6.31. The van der Waals surface area contributed by atoms with E-state index in [1.165, 1.54) is 18.2 Å². The van der Waals surface area contributed by atoms with Crippen LogP contribution in [0.2, 0.25) is 5.02 Å². The van der Waals surface area contributed by atoms with Crippen molar-refractivity contribution >= 4 is 40.7 Å². The van der Waals surface area contributed by atoms with E-state index >= 15 is 4.39 Å². The molecular weight excluding hydrogens is 599 g/mol. The van der Waals surface area contributed by atoms with Gasteiger partial charge in [-0.15, -0.1) is 0 Å². The largest absolute Gasteiger partial charge is 0.390 e. The summed E-state index contributed by atoms with van der Waals surface area (Å²) in [6, 6.07) is 6.35. The average Bonchev–Trinajstić information content (AvgIpc) is 3.42. The summed E-state index contributed by atoms with van der Waals surface area (Å²) in [5.41, 5.74) is 5.38. The Morgan fingerprint density at radius 1 is 1.00 bits per heavy atom. The Kier molecular flexibility index (Phi) is 10.5. The number of anilines is 2. The number of nitrogens with two attached hydrogens (primary N) is 1. The molecule has 234 valence electrons. The Morgan fingerprint density at radius 2 is 1.72 bits per heavy atom. The van der Waals surface area contributed by atoms with Crippen LogP contribution < -0.4 is 21.3 Å². The third-order valence-corrected chi connectivity index (χ3v) is 7.79. The molecule has 0 unspecified atom stereocenters. The molecule has 1 atom stereocenters. The minimum atomic E-state index is -4.24. The number of hydrogen-bond acceptors (Lipinski definition) is 6. The van der Waals surface area contributed by atoms with Crippen molar-refractivity contribution in [2.45, 2.75) is 38.0 Å². The molecule has 43 heavy (non-hydrogen) atoms. The molecule has 2 saturated heterocycles. The second-order valence-corrected chi connectivity index (χ2v) is 11.0. The van der Waals surface area contributed by atoms with Crippen LogP contribution in [0.4, 0.5) is 33.3 Å². The second kappa shape index (κ2) is 13.9. The van der Waals surface area contributed by atoms with Crippen molar-refractivity contribution in [2.24, 2.45) is 5.73 Å². The van der Waals surface area contributed by atoms with Crippen molar-refractivity contribution in [3.05, 3.63) is 58.1 Å². The van der Waals surface area contributed by atoms with Gasteiger partial charge in [0.15, 0.2) is 11.6 Å². The van der Waals surface area contributed by atoms with Crippen molar-refractivity contribution in [1.29, 1.82) is 0 Å². The number of primary amides is 1. The molecule has 2 fully saturated rings. The SMILES string of the molecule is NC(=O)[C@H]1CCCN1CC(=O)NCc1ccc(C(=O)Nc2ccc(Cl)cc2N2CCN(CCC(F)(F)F)CC2)c(F)c1F. The van der Waals surface area contributed by atoms with Gasteiger partial charge in [0.2, 0.25) is 11.8 Å². The first-order valence-corrected chi connectivity index (χ1v) is 14.1. The topological polar surface area (TPSA) is 111 Å². The number of likely N-dealkylation sites (tertiary alicyclic amines) is 1. The van der Waals surface area contributed by atoms with Crippen molar-refractivity contribution in [2.75, 3.05) is 56.0 Å². The van der Waals surface area contributed by atoms with Crippen LogP contribution in [-0.4, -0.2) is 85.6 Å². The molecule has 2 aromatic rings. The minimum absolute atomic E-state index is 0.116. The molecular formula is C28H32ClF5N6O3. The van der Waals surface area contributed by atoms with E-state index < -0.39 is 53.6 Å². The van der Waals surface area contributed by atoms with Gasteiger partial charge in [0.05, 0.1) is 35.9 Å². The normalized spacial score (nSPS) is 18.1. The summed E-state index contributed by atoms with van der Waals surface area (Å²) in [4.78, 5) is 42.0. The maximum Gasteiger partial charge on any atom is 0.390 e.